The number of likely N-dealkylation sites (tertiary alicyclic amines) is 1. The first kappa shape index (κ1) is 27.1. The van der Waals surface area contributed by atoms with Gasteiger partial charge in [0.05, 0.1) is 5.39 Å². The highest BCUT2D eigenvalue weighted by Gasteiger charge is 2.28. The molecule has 4 aromatic rings. The van der Waals surface area contributed by atoms with Crippen molar-refractivity contribution >= 4 is 39.0 Å². The summed E-state index contributed by atoms with van der Waals surface area (Å²) in [4.78, 5) is 31.0. The maximum atomic E-state index is 13.4. The van der Waals surface area contributed by atoms with E-state index in [0.29, 0.717) is 5.92 Å². The Labute approximate surface area is 249 Å². The van der Waals surface area contributed by atoms with Gasteiger partial charge in [-0.1, -0.05) is 12.1 Å². The summed E-state index contributed by atoms with van der Waals surface area (Å²) < 4.78 is 19.2. The Kier molecular flexibility index (Phi) is 7.67. The molecule has 2 aromatic heterocycles. The zero-order valence-electron chi connectivity index (χ0n) is 23.8. The SMILES string of the molecule is O=C(COc1ccc(C2CCc3c(sc4ncnc(N5CCN(c6ccc(F)cc6)CC5)c34)C2)cc1)N1CCCCC1. The second-order valence-electron chi connectivity index (χ2n) is 11.6. The van der Waals surface area contributed by atoms with E-state index in [1.807, 2.05) is 40.5 Å². The smallest absolute Gasteiger partial charge is 0.260 e. The lowest BCUT2D eigenvalue weighted by Gasteiger charge is -2.37. The van der Waals surface area contributed by atoms with Gasteiger partial charge in [0.1, 0.15) is 28.5 Å². The molecule has 3 aliphatic rings. The number of aryl methyl sites for hydroxylation is 1. The number of rotatable bonds is 6. The van der Waals surface area contributed by atoms with Crippen LogP contribution in [0.3, 0.4) is 0 Å². The summed E-state index contributed by atoms with van der Waals surface area (Å²) in [6, 6.07) is 15.1. The van der Waals surface area contributed by atoms with Gasteiger partial charge in [-0.05, 0) is 92.0 Å². The first-order chi connectivity index (χ1) is 20.6. The summed E-state index contributed by atoms with van der Waals surface area (Å²) in [7, 11) is 0. The number of halogens is 1. The first-order valence-electron chi connectivity index (χ1n) is 15.1. The number of nitrogens with zero attached hydrogens (tertiary/aromatic N) is 5. The highest BCUT2D eigenvalue weighted by molar-refractivity contribution is 7.19. The molecule has 0 N–H and O–H groups in total. The fraction of sp³-hybridized carbons (Fsp3) is 0.424. The number of hydrogen-bond donors (Lipinski definition) is 0. The van der Waals surface area contributed by atoms with Crippen LogP contribution in [0.25, 0.3) is 10.2 Å². The third-order valence-electron chi connectivity index (χ3n) is 9.02. The molecule has 2 aromatic carbocycles. The summed E-state index contributed by atoms with van der Waals surface area (Å²) >= 11 is 1.81. The van der Waals surface area contributed by atoms with Crippen molar-refractivity contribution in [3.63, 3.8) is 0 Å². The lowest BCUT2D eigenvalue weighted by molar-refractivity contribution is -0.134. The highest BCUT2D eigenvalue weighted by atomic mass is 32.1. The van der Waals surface area contributed by atoms with E-state index in [1.165, 1.54) is 39.9 Å². The normalized spacial score (nSPS) is 19.2. The number of carbonyl (C=O) groups excluding carboxylic acids is 1. The maximum Gasteiger partial charge on any atom is 0.260 e. The van der Waals surface area contributed by atoms with E-state index in [9.17, 15) is 9.18 Å². The van der Waals surface area contributed by atoms with Crippen molar-refractivity contribution in [2.24, 2.45) is 0 Å². The van der Waals surface area contributed by atoms with E-state index in [-0.39, 0.29) is 18.3 Å². The molecule has 0 saturated carbocycles. The molecule has 218 valence electrons. The van der Waals surface area contributed by atoms with Crippen molar-refractivity contribution in [3.8, 4) is 5.75 Å². The Bertz CT molecular complexity index is 1540. The molecular weight excluding hydrogens is 549 g/mol. The molecule has 1 amide bonds. The van der Waals surface area contributed by atoms with Crippen LogP contribution in [-0.4, -0.2) is 66.7 Å². The molecule has 2 aliphatic heterocycles. The number of benzene rings is 2. The van der Waals surface area contributed by atoms with Gasteiger partial charge < -0.3 is 19.4 Å². The van der Waals surface area contributed by atoms with E-state index in [4.69, 9.17) is 9.72 Å². The van der Waals surface area contributed by atoms with E-state index in [1.54, 1.807) is 6.33 Å². The van der Waals surface area contributed by atoms with Gasteiger partial charge in [-0.15, -0.1) is 11.3 Å². The molecule has 7 nitrogen and oxygen atoms in total. The van der Waals surface area contributed by atoms with Gasteiger partial charge in [0.15, 0.2) is 6.61 Å². The minimum Gasteiger partial charge on any atom is -0.484 e. The molecular formula is C33H36FN5O2S. The Morgan fingerprint density at radius 1 is 0.905 bits per heavy atom. The number of hydrogen-bond acceptors (Lipinski definition) is 7. The molecule has 9 heteroatoms. The van der Waals surface area contributed by atoms with Crippen molar-refractivity contribution < 1.29 is 13.9 Å². The van der Waals surface area contributed by atoms with Crippen LogP contribution in [0.15, 0.2) is 54.9 Å². The lowest BCUT2D eigenvalue weighted by Crippen LogP contribution is -2.47. The second-order valence-corrected chi connectivity index (χ2v) is 12.7. The molecule has 0 radical (unpaired) electrons. The number of ether oxygens (including phenoxy) is 1. The highest BCUT2D eigenvalue weighted by Crippen LogP contribution is 2.43. The molecule has 42 heavy (non-hydrogen) atoms. The lowest BCUT2D eigenvalue weighted by atomic mass is 9.83. The predicted molar refractivity (Wildman–Crippen MR) is 165 cm³/mol. The molecule has 1 unspecified atom stereocenters. The number of amides is 1. The topological polar surface area (TPSA) is 61.8 Å². The molecule has 0 spiro atoms. The summed E-state index contributed by atoms with van der Waals surface area (Å²) in [6.45, 7) is 5.30. The molecule has 1 atom stereocenters. The standard InChI is InChI=1S/C33H36FN5O2S/c34-25-7-9-26(10-8-25)37-16-18-39(19-17-37)32-31-28-13-6-24(20-29(28)42-33(31)36-22-35-32)23-4-11-27(12-5-23)41-21-30(40)38-14-2-1-3-15-38/h4-5,7-12,22,24H,1-3,6,13-21H2. The largest absolute Gasteiger partial charge is 0.484 e. The number of thiophene rings is 1. The molecule has 0 bridgehead atoms. The zero-order chi connectivity index (χ0) is 28.5. The fourth-order valence-corrected chi connectivity index (χ4v) is 7.92. The Hall–Kier alpha value is -3.72. The van der Waals surface area contributed by atoms with Crippen molar-refractivity contribution in [3.05, 3.63) is 76.7 Å². The van der Waals surface area contributed by atoms with Crippen LogP contribution in [-0.2, 0) is 17.6 Å². The van der Waals surface area contributed by atoms with Crippen molar-refractivity contribution in [1.82, 2.24) is 14.9 Å². The Morgan fingerprint density at radius 2 is 1.64 bits per heavy atom. The van der Waals surface area contributed by atoms with Crippen LogP contribution in [0.1, 0.15) is 47.6 Å². The number of aromatic nitrogens is 2. The summed E-state index contributed by atoms with van der Waals surface area (Å²) in [5.41, 5.74) is 3.79. The molecule has 7 rings (SSSR count). The predicted octanol–water partition coefficient (Wildman–Crippen LogP) is 5.82. The van der Waals surface area contributed by atoms with Crippen molar-refractivity contribution in [2.45, 2.75) is 44.4 Å². The van der Waals surface area contributed by atoms with Gasteiger partial charge in [-0.3, -0.25) is 4.79 Å². The van der Waals surface area contributed by atoms with Crippen LogP contribution in [0.5, 0.6) is 5.75 Å². The third kappa shape index (κ3) is 5.54. The Balaban J connectivity index is 1.01. The fourth-order valence-electron chi connectivity index (χ4n) is 6.66. The van der Waals surface area contributed by atoms with Crippen LogP contribution in [0.2, 0.25) is 0 Å². The van der Waals surface area contributed by atoms with Gasteiger partial charge in [-0.2, -0.15) is 0 Å². The number of piperidine rings is 1. The summed E-state index contributed by atoms with van der Waals surface area (Å²) in [6.07, 6.45) is 8.19. The Morgan fingerprint density at radius 3 is 2.40 bits per heavy atom. The van der Waals surface area contributed by atoms with Crippen LogP contribution in [0, 0.1) is 5.82 Å². The van der Waals surface area contributed by atoms with E-state index in [0.717, 1.165) is 93.5 Å². The summed E-state index contributed by atoms with van der Waals surface area (Å²) in [5, 5.41) is 1.23. The van der Waals surface area contributed by atoms with Gasteiger partial charge in [0, 0.05) is 49.8 Å². The molecule has 2 fully saturated rings. The zero-order valence-corrected chi connectivity index (χ0v) is 24.6. The van der Waals surface area contributed by atoms with E-state index < -0.39 is 0 Å². The first-order valence-corrected chi connectivity index (χ1v) is 16.0. The number of piperazine rings is 1. The van der Waals surface area contributed by atoms with Crippen LogP contribution < -0.4 is 14.5 Å². The number of anilines is 2. The average molecular weight is 586 g/mol. The van der Waals surface area contributed by atoms with Crippen molar-refractivity contribution in [2.75, 3.05) is 55.7 Å². The minimum atomic E-state index is -0.201. The monoisotopic (exact) mass is 585 g/mol. The summed E-state index contributed by atoms with van der Waals surface area (Å²) in [5.74, 6) is 2.13. The van der Waals surface area contributed by atoms with Gasteiger partial charge in [0.25, 0.3) is 5.91 Å². The number of carbonyl (C=O) groups is 1. The molecule has 2 saturated heterocycles. The maximum absolute atomic E-state index is 13.4. The minimum absolute atomic E-state index is 0.0839. The van der Waals surface area contributed by atoms with Gasteiger partial charge in [-0.25, -0.2) is 14.4 Å². The van der Waals surface area contributed by atoms with E-state index >= 15 is 0 Å². The van der Waals surface area contributed by atoms with Crippen LogP contribution in [0.4, 0.5) is 15.9 Å². The van der Waals surface area contributed by atoms with Gasteiger partial charge >= 0.3 is 0 Å². The number of fused-ring (bicyclic) bond motifs is 3. The average Bonchev–Trinajstić information content (AvgIpc) is 3.43. The van der Waals surface area contributed by atoms with E-state index in [2.05, 4.69) is 26.9 Å². The quantitative estimate of drug-likeness (QED) is 0.284. The van der Waals surface area contributed by atoms with Crippen molar-refractivity contribution in [1.29, 1.82) is 0 Å². The third-order valence-corrected chi connectivity index (χ3v) is 10.2. The van der Waals surface area contributed by atoms with Crippen LogP contribution >= 0.6 is 11.3 Å². The molecule has 1 aliphatic carbocycles. The second kappa shape index (κ2) is 11.9. The van der Waals surface area contributed by atoms with Gasteiger partial charge in [0.2, 0.25) is 0 Å². The molecule has 4 heterocycles.